The van der Waals surface area contributed by atoms with Crippen LogP contribution in [0.5, 0.6) is 0 Å². The third kappa shape index (κ3) is 49.1. The first-order valence-electron chi connectivity index (χ1n) is 33.9. The highest BCUT2D eigenvalue weighted by atomic mass is 16.7. The zero-order valence-electron chi connectivity index (χ0n) is 53.6. The number of rotatable bonds is 57. The first kappa shape index (κ1) is 78.4. The minimum Gasteiger partial charge on any atom is -0.479 e. The van der Waals surface area contributed by atoms with Crippen molar-refractivity contribution in [2.75, 3.05) is 13.2 Å². The van der Waals surface area contributed by atoms with Crippen LogP contribution in [-0.2, 0) is 42.9 Å². The van der Waals surface area contributed by atoms with Crippen molar-refractivity contribution in [3.63, 3.8) is 0 Å². The van der Waals surface area contributed by atoms with Gasteiger partial charge in [-0.2, -0.15) is 0 Å². The molecule has 85 heavy (non-hydrogen) atoms. The molecule has 12 nitrogen and oxygen atoms in total. The van der Waals surface area contributed by atoms with Crippen LogP contribution in [0.2, 0.25) is 0 Å². The lowest BCUT2D eigenvalue weighted by molar-refractivity contribution is -0.301. The fourth-order valence-electron chi connectivity index (χ4n) is 9.70. The number of carboxylic acids is 1. The second-order valence-electron chi connectivity index (χ2n) is 22.7. The van der Waals surface area contributed by atoms with Crippen molar-refractivity contribution in [2.24, 2.45) is 0 Å². The maximum atomic E-state index is 13.2. The van der Waals surface area contributed by atoms with Crippen molar-refractivity contribution in [3.05, 3.63) is 109 Å². The van der Waals surface area contributed by atoms with Gasteiger partial charge in [-0.05, 0) is 122 Å². The standard InChI is InChI=1S/C73H120O12/c1-4-7-10-13-16-19-22-25-28-31-33-36-38-41-44-47-50-53-56-59-65(74)81-62-64(83-66(75)60-57-54-51-48-45-42-40-37-34-32-29-26-23-20-17-14-11-8-5-2)63-82-73-71(69(78)68(77)70(85-73)72(79)80)84-67(76)61-58-55-52-49-46-43-39-35-30-27-24-21-18-15-12-9-6-3/h7-8,10-11,16-17,19-20,25-30,33-34,36-37,64,68-71,73,77-78H,4-6,9,12-15,18,21-24,31-32,35,38-63H2,1-3H3,(H,79,80)/b10-7-,11-8-,19-16-,20-17-,28-25-,29-26-,30-27-,36-33-,37-34-. The third-order valence-electron chi connectivity index (χ3n) is 14.8. The summed E-state index contributed by atoms with van der Waals surface area (Å²) in [6.45, 7) is 5.77. The third-order valence-corrected chi connectivity index (χ3v) is 14.8. The van der Waals surface area contributed by atoms with Crippen molar-refractivity contribution in [3.8, 4) is 0 Å². The maximum absolute atomic E-state index is 13.2. The number of unbranched alkanes of at least 4 members (excludes halogenated alkanes) is 25. The van der Waals surface area contributed by atoms with Crippen LogP contribution >= 0.6 is 0 Å². The van der Waals surface area contributed by atoms with E-state index in [0.717, 1.165) is 167 Å². The van der Waals surface area contributed by atoms with Crippen molar-refractivity contribution in [1.29, 1.82) is 0 Å². The van der Waals surface area contributed by atoms with E-state index < -0.39 is 67.3 Å². The summed E-state index contributed by atoms with van der Waals surface area (Å²) in [5, 5.41) is 31.6. The number of ether oxygens (including phenoxy) is 5. The van der Waals surface area contributed by atoms with Gasteiger partial charge >= 0.3 is 23.9 Å². The van der Waals surface area contributed by atoms with Crippen LogP contribution in [0.3, 0.4) is 0 Å². The summed E-state index contributed by atoms with van der Waals surface area (Å²) in [6, 6.07) is 0. The van der Waals surface area contributed by atoms with E-state index in [1.165, 1.54) is 51.4 Å². The fraction of sp³-hybridized carbons (Fsp3) is 0.699. The van der Waals surface area contributed by atoms with Gasteiger partial charge in [0, 0.05) is 19.3 Å². The molecule has 1 aliphatic rings. The van der Waals surface area contributed by atoms with Gasteiger partial charge in [0.2, 0.25) is 0 Å². The Morgan fingerprint density at radius 3 is 1.14 bits per heavy atom. The molecule has 0 aromatic heterocycles. The summed E-state index contributed by atoms with van der Waals surface area (Å²) in [7, 11) is 0. The van der Waals surface area contributed by atoms with E-state index >= 15 is 0 Å². The summed E-state index contributed by atoms with van der Waals surface area (Å²) < 4.78 is 28.6. The molecule has 0 bridgehead atoms. The first-order chi connectivity index (χ1) is 41.6. The molecule has 0 amide bonds. The predicted octanol–water partition coefficient (Wildman–Crippen LogP) is 18.6. The van der Waals surface area contributed by atoms with Gasteiger partial charge in [0.05, 0.1) is 6.61 Å². The molecule has 0 aromatic carbocycles. The molecule has 1 fully saturated rings. The Balaban J connectivity index is 2.68. The number of carboxylic acid groups (broad SMARTS) is 1. The Morgan fingerprint density at radius 1 is 0.400 bits per heavy atom. The van der Waals surface area contributed by atoms with Crippen LogP contribution in [-0.4, -0.2) is 89.2 Å². The van der Waals surface area contributed by atoms with Gasteiger partial charge in [0.25, 0.3) is 0 Å². The van der Waals surface area contributed by atoms with Gasteiger partial charge in [-0.3, -0.25) is 14.4 Å². The van der Waals surface area contributed by atoms with Gasteiger partial charge in [-0.25, -0.2) is 4.79 Å². The molecule has 6 atom stereocenters. The normalized spacial score (nSPS) is 18.2. The van der Waals surface area contributed by atoms with Gasteiger partial charge in [-0.15, -0.1) is 0 Å². The Kier molecular flexibility index (Phi) is 55.1. The lowest BCUT2D eigenvalue weighted by atomic mass is 9.98. The monoisotopic (exact) mass is 1190 g/mol. The number of carbonyl (C=O) groups is 4. The maximum Gasteiger partial charge on any atom is 0.335 e. The number of aliphatic hydroxyl groups is 2. The lowest BCUT2D eigenvalue weighted by Crippen LogP contribution is -2.61. The predicted molar refractivity (Wildman–Crippen MR) is 349 cm³/mol. The van der Waals surface area contributed by atoms with E-state index in [-0.39, 0.29) is 25.9 Å². The average Bonchev–Trinajstić information content (AvgIpc) is 3.46. The Hall–Kier alpha value is -4.62. The SMILES string of the molecule is CC/C=C\C/C=C\C/C=C\C/C=C\CCCCCCCCC(=O)OCC(COC1OC(C(=O)O)C(O)C(O)C1OC(=O)CCCCCCCCC/C=C\CCCCCCCC)OC(=O)CCCCCCCC/C=C\C/C=C\C/C=C\C/C=C\CC. The Bertz CT molecular complexity index is 1890. The quantitative estimate of drug-likeness (QED) is 0.0228. The van der Waals surface area contributed by atoms with E-state index in [4.69, 9.17) is 23.7 Å². The summed E-state index contributed by atoms with van der Waals surface area (Å²) >= 11 is 0. The van der Waals surface area contributed by atoms with Crippen molar-refractivity contribution in [1.82, 2.24) is 0 Å². The summed E-state index contributed by atoms with van der Waals surface area (Å²) in [5.74, 6) is -3.16. The number of hydrogen-bond donors (Lipinski definition) is 3. The van der Waals surface area contributed by atoms with Gasteiger partial charge in [0.15, 0.2) is 24.6 Å². The van der Waals surface area contributed by atoms with Gasteiger partial charge < -0.3 is 39.0 Å². The molecule has 0 saturated carbocycles. The van der Waals surface area contributed by atoms with Gasteiger partial charge in [-0.1, -0.05) is 246 Å². The van der Waals surface area contributed by atoms with Crippen molar-refractivity contribution >= 4 is 23.9 Å². The molecule has 0 spiro atoms. The number of allylic oxidation sites excluding steroid dienone is 18. The van der Waals surface area contributed by atoms with Crippen LogP contribution in [0.1, 0.15) is 278 Å². The zero-order valence-corrected chi connectivity index (χ0v) is 53.6. The van der Waals surface area contributed by atoms with E-state index in [9.17, 15) is 34.5 Å². The number of aliphatic hydroxyl groups excluding tert-OH is 2. The van der Waals surface area contributed by atoms with E-state index in [1.807, 2.05) is 0 Å². The number of esters is 3. The van der Waals surface area contributed by atoms with Crippen LogP contribution in [0.15, 0.2) is 109 Å². The molecule has 1 aliphatic heterocycles. The average molecular weight is 1190 g/mol. The van der Waals surface area contributed by atoms with E-state index in [2.05, 4.69) is 130 Å². The summed E-state index contributed by atoms with van der Waals surface area (Å²) in [4.78, 5) is 51.5. The summed E-state index contributed by atoms with van der Waals surface area (Å²) in [5.41, 5.74) is 0. The molecule has 1 heterocycles. The molecule has 0 aliphatic carbocycles. The largest absolute Gasteiger partial charge is 0.479 e. The molecule has 1 saturated heterocycles. The van der Waals surface area contributed by atoms with Crippen LogP contribution in [0, 0.1) is 0 Å². The lowest BCUT2D eigenvalue weighted by Gasteiger charge is -2.40. The van der Waals surface area contributed by atoms with Crippen LogP contribution in [0.25, 0.3) is 0 Å². The molecule has 0 radical (unpaired) electrons. The number of carbonyl (C=O) groups excluding carboxylic acids is 3. The highest BCUT2D eigenvalue weighted by Crippen LogP contribution is 2.27. The second-order valence-corrected chi connectivity index (χ2v) is 22.7. The molecule has 1 rings (SSSR count). The van der Waals surface area contributed by atoms with Crippen LogP contribution in [0.4, 0.5) is 0 Å². The molecule has 12 heteroatoms. The fourth-order valence-corrected chi connectivity index (χ4v) is 9.70. The molecule has 3 N–H and O–H groups in total. The highest BCUT2D eigenvalue weighted by Gasteiger charge is 2.50. The topological polar surface area (TPSA) is 175 Å². The van der Waals surface area contributed by atoms with Crippen molar-refractivity contribution < 1.29 is 58.2 Å². The molecule has 6 unspecified atom stereocenters. The van der Waals surface area contributed by atoms with E-state index in [0.29, 0.717) is 19.3 Å². The Morgan fingerprint density at radius 2 is 0.741 bits per heavy atom. The molecule has 484 valence electrons. The minimum absolute atomic E-state index is 0.0483. The van der Waals surface area contributed by atoms with E-state index in [1.54, 1.807) is 0 Å². The molecular formula is C73H120O12. The van der Waals surface area contributed by atoms with Crippen molar-refractivity contribution in [2.45, 2.75) is 314 Å². The zero-order chi connectivity index (χ0) is 61.7. The Labute approximate surface area is 516 Å². The molecule has 0 aromatic rings. The van der Waals surface area contributed by atoms with Crippen LogP contribution < -0.4 is 0 Å². The summed E-state index contributed by atoms with van der Waals surface area (Å²) in [6.07, 6.45) is 68.9. The molecular weight excluding hydrogens is 1070 g/mol. The van der Waals surface area contributed by atoms with Gasteiger partial charge in [0.1, 0.15) is 18.8 Å². The highest BCUT2D eigenvalue weighted by molar-refractivity contribution is 5.74. The smallest absolute Gasteiger partial charge is 0.335 e. The number of aliphatic carboxylic acids is 1. The number of hydrogen-bond acceptors (Lipinski definition) is 11. The first-order valence-corrected chi connectivity index (χ1v) is 33.9. The minimum atomic E-state index is -1.91. The second kappa shape index (κ2) is 59.7.